The predicted molar refractivity (Wildman–Crippen MR) is 70.5 cm³/mol. The quantitative estimate of drug-likeness (QED) is 0.887. The van der Waals surface area contributed by atoms with E-state index in [2.05, 4.69) is 6.92 Å². The van der Waals surface area contributed by atoms with Crippen molar-refractivity contribution in [2.24, 2.45) is 0 Å². The highest BCUT2D eigenvalue weighted by atomic mass is 16.3. The first-order valence-electron chi connectivity index (χ1n) is 6.85. The smallest absolute Gasteiger partial charge is 0.270 e. The Morgan fingerprint density at radius 1 is 1.50 bits per heavy atom. The maximum absolute atomic E-state index is 12.5. The van der Waals surface area contributed by atoms with Crippen molar-refractivity contribution in [3.8, 4) is 0 Å². The van der Waals surface area contributed by atoms with Gasteiger partial charge in [-0.1, -0.05) is 6.92 Å². The fourth-order valence-electron chi connectivity index (χ4n) is 2.65. The second kappa shape index (κ2) is 6.05. The van der Waals surface area contributed by atoms with Gasteiger partial charge in [-0.15, -0.1) is 0 Å². The molecule has 0 aromatic carbocycles. The molecule has 0 bridgehead atoms. The topological polar surface area (TPSA) is 45.5 Å². The molecule has 2 rings (SSSR count). The zero-order chi connectivity index (χ0) is 13.0. The van der Waals surface area contributed by atoms with Crippen molar-refractivity contribution in [2.75, 3.05) is 13.2 Å². The van der Waals surface area contributed by atoms with Gasteiger partial charge < -0.3 is 14.6 Å². The first kappa shape index (κ1) is 13.1. The first-order chi connectivity index (χ1) is 8.77. The van der Waals surface area contributed by atoms with Crippen molar-refractivity contribution in [3.63, 3.8) is 0 Å². The Balaban J connectivity index is 2.16. The molecule has 1 aliphatic heterocycles. The highest BCUT2D eigenvalue weighted by Gasteiger charge is 2.28. The maximum Gasteiger partial charge on any atom is 0.270 e. The molecule has 1 amide bonds. The molecule has 1 aromatic heterocycles. The summed E-state index contributed by atoms with van der Waals surface area (Å²) in [5.41, 5.74) is 0.747. The summed E-state index contributed by atoms with van der Waals surface area (Å²) in [6.45, 7) is 3.80. The second-order valence-corrected chi connectivity index (χ2v) is 4.92. The fraction of sp³-hybridized carbons (Fsp3) is 0.643. The van der Waals surface area contributed by atoms with Crippen LogP contribution in [0.3, 0.4) is 0 Å². The van der Waals surface area contributed by atoms with E-state index in [1.807, 2.05) is 27.8 Å². The minimum absolute atomic E-state index is 0.00349. The molecule has 0 aliphatic carbocycles. The monoisotopic (exact) mass is 250 g/mol. The highest BCUT2D eigenvalue weighted by Crippen LogP contribution is 2.19. The van der Waals surface area contributed by atoms with Crippen LogP contribution in [0.25, 0.3) is 0 Å². The van der Waals surface area contributed by atoms with Gasteiger partial charge in [-0.05, 0) is 37.8 Å². The molecular weight excluding hydrogens is 228 g/mol. The average Bonchev–Trinajstić information content (AvgIpc) is 2.86. The molecule has 0 radical (unpaired) electrons. The van der Waals surface area contributed by atoms with E-state index in [4.69, 9.17) is 0 Å². The molecule has 4 nitrogen and oxygen atoms in total. The summed E-state index contributed by atoms with van der Waals surface area (Å²) >= 11 is 0. The lowest BCUT2D eigenvalue weighted by Gasteiger charge is -2.34. The number of likely N-dealkylation sites (tertiary alicyclic amines) is 1. The number of carbonyl (C=O) groups excluding carboxylic acids is 1. The summed E-state index contributed by atoms with van der Waals surface area (Å²) < 4.78 is 2.01. The summed E-state index contributed by atoms with van der Waals surface area (Å²) in [6.07, 6.45) is 6.02. The van der Waals surface area contributed by atoms with Crippen LogP contribution in [0.1, 0.15) is 43.1 Å². The van der Waals surface area contributed by atoms with Gasteiger partial charge in [0, 0.05) is 19.3 Å². The van der Waals surface area contributed by atoms with Crippen molar-refractivity contribution >= 4 is 5.91 Å². The van der Waals surface area contributed by atoms with E-state index in [1.54, 1.807) is 0 Å². The van der Waals surface area contributed by atoms with E-state index in [1.165, 1.54) is 0 Å². The SMILES string of the molecule is CCCn1cccc1C(=O)N1CCCCC1CO. The van der Waals surface area contributed by atoms with Crippen LogP contribution >= 0.6 is 0 Å². The third-order valence-electron chi connectivity index (χ3n) is 3.61. The minimum Gasteiger partial charge on any atom is -0.394 e. The van der Waals surface area contributed by atoms with Crippen LogP contribution in [-0.2, 0) is 6.54 Å². The van der Waals surface area contributed by atoms with Gasteiger partial charge in [0.05, 0.1) is 12.6 Å². The van der Waals surface area contributed by atoms with E-state index >= 15 is 0 Å². The Kier molecular flexibility index (Phi) is 4.42. The van der Waals surface area contributed by atoms with Crippen molar-refractivity contribution in [3.05, 3.63) is 24.0 Å². The molecule has 0 spiro atoms. The molecule has 100 valence electrons. The number of aliphatic hydroxyl groups is 1. The number of aromatic nitrogens is 1. The number of carbonyl (C=O) groups is 1. The lowest BCUT2D eigenvalue weighted by atomic mass is 10.0. The molecule has 1 fully saturated rings. The van der Waals surface area contributed by atoms with Crippen molar-refractivity contribution < 1.29 is 9.90 Å². The predicted octanol–water partition coefficient (Wildman–Crippen LogP) is 1.89. The lowest BCUT2D eigenvalue weighted by Crippen LogP contribution is -2.46. The van der Waals surface area contributed by atoms with Gasteiger partial charge in [-0.2, -0.15) is 0 Å². The number of aryl methyl sites for hydroxylation is 1. The zero-order valence-electron chi connectivity index (χ0n) is 11.0. The average molecular weight is 250 g/mol. The van der Waals surface area contributed by atoms with Gasteiger partial charge in [-0.25, -0.2) is 0 Å². The zero-order valence-corrected chi connectivity index (χ0v) is 11.0. The van der Waals surface area contributed by atoms with Crippen LogP contribution in [0.4, 0.5) is 0 Å². The maximum atomic E-state index is 12.5. The van der Waals surface area contributed by atoms with Gasteiger partial charge in [0.15, 0.2) is 0 Å². The van der Waals surface area contributed by atoms with Gasteiger partial charge in [-0.3, -0.25) is 4.79 Å². The Morgan fingerprint density at radius 3 is 3.06 bits per heavy atom. The molecule has 2 heterocycles. The standard InChI is InChI=1S/C14H22N2O2/c1-2-8-15-9-5-7-13(15)14(18)16-10-4-3-6-12(16)11-17/h5,7,9,12,17H,2-4,6,8,10-11H2,1H3. The van der Waals surface area contributed by atoms with Crippen molar-refractivity contribution in [1.82, 2.24) is 9.47 Å². The summed E-state index contributed by atoms with van der Waals surface area (Å²) in [6, 6.07) is 3.79. The number of aliphatic hydroxyl groups excluding tert-OH is 1. The van der Waals surface area contributed by atoms with Crippen LogP contribution in [-0.4, -0.2) is 39.7 Å². The Labute approximate surface area is 108 Å². The molecule has 0 saturated carbocycles. The van der Waals surface area contributed by atoms with Crippen molar-refractivity contribution in [1.29, 1.82) is 0 Å². The van der Waals surface area contributed by atoms with E-state index in [0.717, 1.165) is 44.5 Å². The van der Waals surface area contributed by atoms with Gasteiger partial charge in [0.2, 0.25) is 0 Å². The van der Waals surface area contributed by atoms with E-state index in [-0.39, 0.29) is 18.6 Å². The number of nitrogens with zero attached hydrogens (tertiary/aromatic N) is 2. The Bertz CT molecular complexity index is 400. The number of hydrogen-bond donors (Lipinski definition) is 1. The highest BCUT2D eigenvalue weighted by molar-refractivity contribution is 5.93. The molecule has 1 atom stereocenters. The van der Waals surface area contributed by atoms with Crippen LogP contribution in [0.15, 0.2) is 18.3 Å². The molecule has 1 saturated heterocycles. The van der Waals surface area contributed by atoms with Gasteiger partial charge in [0.25, 0.3) is 5.91 Å². The van der Waals surface area contributed by atoms with E-state index < -0.39 is 0 Å². The van der Waals surface area contributed by atoms with Crippen LogP contribution < -0.4 is 0 Å². The third kappa shape index (κ3) is 2.58. The van der Waals surface area contributed by atoms with Crippen LogP contribution in [0, 0.1) is 0 Å². The summed E-state index contributed by atoms with van der Waals surface area (Å²) in [7, 11) is 0. The van der Waals surface area contributed by atoms with Gasteiger partial charge in [0.1, 0.15) is 5.69 Å². The summed E-state index contributed by atoms with van der Waals surface area (Å²) in [5.74, 6) is 0.0622. The molecule has 1 N–H and O–H groups in total. The Morgan fingerprint density at radius 2 is 2.33 bits per heavy atom. The summed E-state index contributed by atoms with van der Waals surface area (Å²) in [5, 5.41) is 9.38. The second-order valence-electron chi connectivity index (χ2n) is 4.92. The van der Waals surface area contributed by atoms with Crippen LogP contribution in [0.2, 0.25) is 0 Å². The van der Waals surface area contributed by atoms with E-state index in [0.29, 0.717) is 0 Å². The summed E-state index contributed by atoms with van der Waals surface area (Å²) in [4.78, 5) is 14.4. The number of amides is 1. The number of hydrogen-bond acceptors (Lipinski definition) is 2. The number of rotatable bonds is 4. The van der Waals surface area contributed by atoms with Gasteiger partial charge >= 0.3 is 0 Å². The normalized spacial score (nSPS) is 20.1. The van der Waals surface area contributed by atoms with Crippen molar-refractivity contribution in [2.45, 2.75) is 45.2 Å². The third-order valence-corrected chi connectivity index (χ3v) is 3.61. The lowest BCUT2D eigenvalue weighted by molar-refractivity contribution is 0.0492. The molecule has 1 aliphatic rings. The number of piperidine rings is 1. The van der Waals surface area contributed by atoms with Crippen LogP contribution in [0.5, 0.6) is 0 Å². The Hall–Kier alpha value is -1.29. The largest absolute Gasteiger partial charge is 0.394 e. The molecule has 1 aromatic rings. The molecule has 18 heavy (non-hydrogen) atoms. The molecule has 1 unspecified atom stereocenters. The minimum atomic E-state index is -0.00349. The molecular formula is C14H22N2O2. The molecule has 4 heteroatoms. The first-order valence-corrected chi connectivity index (χ1v) is 6.85. The van der Waals surface area contributed by atoms with E-state index in [9.17, 15) is 9.90 Å². The fourth-order valence-corrected chi connectivity index (χ4v) is 2.65.